The van der Waals surface area contributed by atoms with Gasteiger partial charge in [0.05, 0.1) is 17.9 Å². The number of rotatable bonds is 3. The van der Waals surface area contributed by atoms with Crippen molar-refractivity contribution < 1.29 is 14.7 Å². The third-order valence-corrected chi connectivity index (χ3v) is 4.13. The van der Waals surface area contributed by atoms with E-state index >= 15 is 0 Å². The number of ether oxygens (including phenoxy) is 2. The second kappa shape index (κ2) is 5.83. The zero-order valence-corrected chi connectivity index (χ0v) is 11.8. The number of oxime groups is 1. The molecule has 1 aliphatic carbocycles. The Morgan fingerprint density at radius 1 is 1.35 bits per heavy atom. The molecule has 2 aliphatic rings. The largest absolute Gasteiger partial charge is 0.491 e. The lowest BCUT2D eigenvalue weighted by Gasteiger charge is -2.18. The van der Waals surface area contributed by atoms with Gasteiger partial charge in [-0.1, -0.05) is 11.2 Å². The van der Waals surface area contributed by atoms with E-state index < -0.39 is 0 Å². The normalized spacial score (nSPS) is 27.6. The van der Waals surface area contributed by atoms with E-state index in [4.69, 9.17) is 14.7 Å². The minimum absolute atomic E-state index is 0.201. The monoisotopic (exact) mass is 275 g/mol. The molecule has 1 aromatic carbocycles. The zero-order valence-electron chi connectivity index (χ0n) is 11.8. The molecule has 1 aliphatic heterocycles. The molecule has 108 valence electrons. The van der Waals surface area contributed by atoms with Gasteiger partial charge in [-0.05, 0) is 56.7 Å². The SMILES string of the molecule is CC1CCC(COc2ccc3c(c2)/C(=N\O)CCC3)O1. The Bertz CT molecular complexity index is 512. The van der Waals surface area contributed by atoms with Gasteiger partial charge in [-0.2, -0.15) is 0 Å². The van der Waals surface area contributed by atoms with Crippen LogP contribution in [0.15, 0.2) is 23.4 Å². The van der Waals surface area contributed by atoms with Crippen molar-refractivity contribution in [2.45, 2.75) is 51.2 Å². The Balaban J connectivity index is 1.68. The Hall–Kier alpha value is -1.55. The van der Waals surface area contributed by atoms with E-state index in [2.05, 4.69) is 18.1 Å². The lowest BCUT2D eigenvalue weighted by atomic mass is 9.90. The predicted molar refractivity (Wildman–Crippen MR) is 76.8 cm³/mol. The summed E-state index contributed by atoms with van der Waals surface area (Å²) in [6, 6.07) is 6.06. The van der Waals surface area contributed by atoms with Crippen LogP contribution in [0.25, 0.3) is 0 Å². The van der Waals surface area contributed by atoms with Crippen LogP contribution in [0.4, 0.5) is 0 Å². The van der Waals surface area contributed by atoms with Crippen molar-refractivity contribution in [1.82, 2.24) is 0 Å². The molecular formula is C16H21NO3. The number of nitrogens with zero attached hydrogens (tertiary/aromatic N) is 1. The van der Waals surface area contributed by atoms with Crippen LogP contribution in [0.1, 0.15) is 43.7 Å². The first kappa shape index (κ1) is 13.4. The number of hydrogen-bond donors (Lipinski definition) is 1. The highest BCUT2D eigenvalue weighted by molar-refractivity contribution is 6.02. The highest BCUT2D eigenvalue weighted by Gasteiger charge is 2.22. The number of benzene rings is 1. The van der Waals surface area contributed by atoms with E-state index in [1.807, 2.05) is 12.1 Å². The summed E-state index contributed by atoms with van der Waals surface area (Å²) in [5.41, 5.74) is 3.03. The van der Waals surface area contributed by atoms with Crippen LogP contribution in [-0.4, -0.2) is 29.7 Å². The average Bonchev–Trinajstić information content (AvgIpc) is 2.90. The fourth-order valence-corrected chi connectivity index (χ4v) is 3.01. The lowest BCUT2D eigenvalue weighted by molar-refractivity contribution is 0.0264. The maximum Gasteiger partial charge on any atom is 0.120 e. The lowest BCUT2D eigenvalue weighted by Crippen LogP contribution is -2.18. The third kappa shape index (κ3) is 2.80. The fraction of sp³-hybridized carbons (Fsp3) is 0.562. The summed E-state index contributed by atoms with van der Waals surface area (Å²) in [5, 5.41) is 12.5. The first-order valence-corrected chi connectivity index (χ1v) is 7.39. The molecule has 1 heterocycles. The van der Waals surface area contributed by atoms with Crippen LogP contribution in [0.5, 0.6) is 5.75 Å². The van der Waals surface area contributed by atoms with Gasteiger partial charge < -0.3 is 14.7 Å². The van der Waals surface area contributed by atoms with Crippen molar-refractivity contribution in [3.8, 4) is 5.75 Å². The molecule has 0 radical (unpaired) electrons. The highest BCUT2D eigenvalue weighted by atomic mass is 16.5. The Morgan fingerprint density at radius 3 is 3.00 bits per heavy atom. The first-order valence-electron chi connectivity index (χ1n) is 7.39. The van der Waals surface area contributed by atoms with E-state index in [0.717, 1.165) is 49.1 Å². The molecule has 0 spiro atoms. The second-order valence-electron chi connectivity index (χ2n) is 5.68. The van der Waals surface area contributed by atoms with Crippen molar-refractivity contribution in [2.75, 3.05) is 6.61 Å². The average molecular weight is 275 g/mol. The number of hydrogen-bond acceptors (Lipinski definition) is 4. The van der Waals surface area contributed by atoms with E-state index in [1.54, 1.807) is 0 Å². The quantitative estimate of drug-likeness (QED) is 0.681. The topological polar surface area (TPSA) is 51.0 Å². The molecule has 3 rings (SSSR count). The molecule has 20 heavy (non-hydrogen) atoms. The zero-order chi connectivity index (χ0) is 13.9. The molecule has 2 atom stereocenters. The van der Waals surface area contributed by atoms with Gasteiger partial charge in [-0.15, -0.1) is 0 Å². The van der Waals surface area contributed by atoms with Crippen LogP contribution in [-0.2, 0) is 11.2 Å². The smallest absolute Gasteiger partial charge is 0.120 e. The highest BCUT2D eigenvalue weighted by Crippen LogP contribution is 2.27. The summed E-state index contributed by atoms with van der Waals surface area (Å²) in [4.78, 5) is 0. The fourth-order valence-electron chi connectivity index (χ4n) is 3.01. The summed E-state index contributed by atoms with van der Waals surface area (Å²) in [7, 11) is 0. The van der Waals surface area contributed by atoms with E-state index in [9.17, 15) is 0 Å². The molecule has 0 saturated carbocycles. The predicted octanol–water partition coefficient (Wildman–Crippen LogP) is 3.15. The third-order valence-electron chi connectivity index (χ3n) is 4.13. The summed E-state index contributed by atoms with van der Waals surface area (Å²) >= 11 is 0. The standard InChI is InChI=1S/C16H21NO3/c1-11-5-7-14(20-11)10-19-13-8-6-12-3-2-4-16(17-18)15(12)9-13/h6,8-9,11,14,18H,2-5,7,10H2,1H3/b17-16-. The summed E-state index contributed by atoms with van der Waals surface area (Å²) in [5.74, 6) is 0.829. The van der Waals surface area contributed by atoms with Gasteiger partial charge >= 0.3 is 0 Å². The summed E-state index contributed by atoms with van der Waals surface area (Å²) in [6.07, 6.45) is 5.64. The van der Waals surface area contributed by atoms with Crippen LogP contribution in [0, 0.1) is 0 Å². The van der Waals surface area contributed by atoms with Crippen molar-refractivity contribution >= 4 is 5.71 Å². The van der Waals surface area contributed by atoms with Gasteiger partial charge in [0.1, 0.15) is 12.4 Å². The van der Waals surface area contributed by atoms with Crippen molar-refractivity contribution in [3.63, 3.8) is 0 Å². The molecule has 2 unspecified atom stereocenters. The van der Waals surface area contributed by atoms with Crippen LogP contribution >= 0.6 is 0 Å². The molecule has 4 heteroatoms. The number of aryl methyl sites for hydroxylation is 1. The molecular weight excluding hydrogens is 254 g/mol. The molecule has 0 aromatic heterocycles. The van der Waals surface area contributed by atoms with Crippen LogP contribution in [0.2, 0.25) is 0 Å². The van der Waals surface area contributed by atoms with E-state index in [0.29, 0.717) is 12.7 Å². The van der Waals surface area contributed by atoms with Gasteiger partial charge in [-0.25, -0.2) is 0 Å². The van der Waals surface area contributed by atoms with Gasteiger partial charge in [0, 0.05) is 5.56 Å². The first-order chi connectivity index (χ1) is 9.76. The minimum Gasteiger partial charge on any atom is -0.491 e. The summed E-state index contributed by atoms with van der Waals surface area (Å²) < 4.78 is 11.6. The van der Waals surface area contributed by atoms with Gasteiger partial charge in [-0.3, -0.25) is 0 Å². The Labute approximate surface area is 119 Å². The van der Waals surface area contributed by atoms with Gasteiger partial charge in [0.25, 0.3) is 0 Å². The van der Waals surface area contributed by atoms with E-state index in [1.165, 1.54) is 5.56 Å². The van der Waals surface area contributed by atoms with Gasteiger partial charge in [0.2, 0.25) is 0 Å². The van der Waals surface area contributed by atoms with Crippen molar-refractivity contribution in [2.24, 2.45) is 5.16 Å². The van der Waals surface area contributed by atoms with Crippen LogP contribution < -0.4 is 4.74 Å². The second-order valence-corrected chi connectivity index (χ2v) is 5.68. The van der Waals surface area contributed by atoms with Crippen molar-refractivity contribution in [1.29, 1.82) is 0 Å². The molecule has 0 bridgehead atoms. The molecule has 0 amide bonds. The maximum absolute atomic E-state index is 9.09. The molecule has 1 aromatic rings. The summed E-state index contributed by atoms with van der Waals surface area (Å²) in [6.45, 7) is 2.69. The van der Waals surface area contributed by atoms with E-state index in [-0.39, 0.29) is 6.10 Å². The number of fused-ring (bicyclic) bond motifs is 1. The molecule has 1 fully saturated rings. The van der Waals surface area contributed by atoms with Crippen LogP contribution in [0.3, 0.4) is 0 Å². The van der Waals surface area contributed by atoms with Crippen molar-refractivity contribution in [3.05, 3.63) is 29.3 Å². The molecule has 4 nitrogen and oxygen atoms in total. The van der Waals surface area contributed by atoms with Gasteiger partial charge in [0.15, 0.2) is 0 Å². The molecule has 1 saturated heterocycles. The molecule has 1 N–H and O–H groups in total. The minimum atomic E-state index is 0.201. The Kier molecular flexibility index (Phi) is 3.92. The Morgan fingerprint density at radius 2 is 2.25 bits per heavy atom. The maximum atomic E-state index is 9.09.